The van der Waals surface area contributed by atoms with Crippen LogP contribution >= 0.6 is 11.3 Å². The number of carbonyl (C=O) groups is 1. The fourth-order valence-corrected chi connectivity index (χ4v) is 1.94. The number of nitrogens with one attached hydrogen (secondary N) is 1. The molecule has 0 spiro atoms. The molecular formula is C9H17N5OS. The zero-order chi connectivity index (χ0) is 12.1. The summed E-state index contributed by atoms with van der Waals surface area (Å²) in [5.41, 5.74) is 2.49. The van der Waals surface area contributed by atoms with Crippen LogP contribution in [0.2, 0.25) is 0 Å². The Hall–Kier alpha value is -1.18. The van der Waals surface area contributed by atoms with E-state index in [4.69, 9.17) is 5.84 Å². The third kappa shape index (κ3) is 3.76. The lowest BCUT2D eigenvalue weighted by Gasteiger charge is -2.17. The monoisotopic (exact) mass is 243 g/mol. The van der Waals surface area contributed by atoms with E-state index in [0.29, 0.717) is 18.2 Å². The molecule has 0 aliphatic heterocycles. The van der Waals surface area contributed by atoms with Crippen molar-refractivity contribution in [1.82, 2.24) is 14.8 Å². The maximum Gasteiger partial charge on any atom is 0.236 e. The number of hydrazine groups is 1. The number of rotatable bonds is 5. The van der Waals surface area contributed by atoms with E-state index in [-0.39, 0.29) is 5.91 Å². The van der Waals surface area contributed by atoms with Crippen LogP contribution in [-0.2, 0) is 11.3 Å². The van der Waals surface area contributed by atoms with E-state index in [1.807, 2.05) is 11.9 Å². The second kappa shape index (κ2) is 5.78. The van der Waals surface area contributed by atoms with Crippen LogP contribution in [0.5, 0.6) is 0 Å². The molecular weight excluding hydrogens is 226 g/mol. The summed E-state index contributed by atoms with van der Waals surface area (Å²) >= 11 is 1.48. The Balaban J connectivity index is 2.45. The van der Waals surface area contributed by atoms with Gasteiger partial charge in [0.2, 0.25) is 5.91 Å². The molecule has 1 aromatic rings. The van der Waals surface area contributed by atoms with Crippen molar-refractivity contribution in [3.8, 4) is 0 Å². The van der Waals surface area contributed by atoms with Crippen molar-refractivity contribution in [1.29, 1.82) is 0 Å². The molecule has 0 bridgehead atoms. The number of hydrogen-bond acceptors (Lipinski definition) is 6. The van der Waals surface area contributed by atoms with Crippen molar-refractivity contribution in [2.24, 2.45) is 5.84 Å². The average molecular weight is 243 g/mol. The molecule has 0 aliphatic carbocycles. The Morgan fingerprint density at radius 1 is 1.56 bits per heavy atom. The Bertz CT molecular complexity index is 351. The van der Waals surface area contributed by atoms with Crippen LogP contribution in [0, 0.1) is 0 Å². The summed E-state index contributed by atoms with van der Waals surface area (Å²) in [7, 11) is 5.40. The number of likely N-dealkylation sites (N-methyl/N-ethyl adjacent to an activating group) is 2. The number of thiazole rings is 1. The van der Waals surface area contributed by atoms with E-state index in [1.165, 1.54) is 11.3 Å². The topological polar surface area (TPSA) is 74.5 Å². The standard InChI is InChI=1S/C9H17N5OS/c1-13(2)8(15)6-14(3)5-7-4-11-9(12-10)16-7/h4H,5-6,10H2,1-3H3,(H,11,12). The molecule has 0 atom stereocenters. The predicted octanol–water partition coefficient (Wildman–Crippen LogP) is -0.0513. The van der Waals surface area contributed by atoms with Gasteiger partial charge in [-0.25, -0.2) is 10.8 Å². The minimum atomic E-state index is 0.0872. The number of hydrogen-bond donors (Lipinski definition) is 2. The molecule has 0 saturated carbocycles. The van der Waals surface area contributed by atoms with Crippen molar-refractivity contribution in [2.45, 2.75) is 6.54 Å². The van der Waals surface area contributed by atoms with Crippen LogP contribution in [-0.4, -0.2) is 48.4 Å². The highest BCUT2D eigenvalue weighted by Gasteiger charge is 2.10. The van der Waals surface area contributed by atoms with Crippen molar-refractivity contribution < 1.29 is 4.79 Å². The van der Waals surface area contributed by atoms with E-state index >= 15 is 0 Å². The highest BCUT2D eigenvalue weighted by molar-refractivity contribution is 7.15. The van der Waals surface area contributed by atoms with Gasteiger partial charge in [-0.1, -0.05) is 11.3 Å². The van der Waals surface area contributed by atoms with Crippen molar-refractivity contribution in [2.75, 3.05) is 33.1 Å². The smallest absolute Gasteiger partial charge is 0.236 e. The highest BCUT2D eigenvalue weighted by atomic mass is 32.1. The summed E-state index contributed by atoms with van der Waals surface area (Å²) < 4.78 is 0. The molecule has 7 heteroatoms. The largest absolute Gasteiger partial charge is 0.348 e. The van der Waals surface area contributed by atoms with Crippen LogP contribution in [0.15, 0.2) is 6.20 Å². The van der Waals surface area contributed by atoms with E-state index in [1.54, 1.807) is 25.2 Å². The van der Waals surface area contributed by atoms with E-state index < -0.39 is 0 Å². The first-order chi connectivity index (χ1) is 7.52. The van der Waals surface area contributed by atoms with Gasteiger partial charge >= 0.3 is 0 Å². The summed E-state index contributed by atoms with van der Waals surface area (Å²) in [6.45, 7) is 1.09. The fourth-order valence-electron chi connectivity index (χ4n) is 1.14. The second-order valence-electron chi connectivity index (χ2n) is 3.74. The molecule has 0 aliphatic rings. The first-order valence-electron chi connectivity index (χ1n) is 4.83. The Labute approximate surface area is 99.0 Å². The Morgan fingerprint density at radius 2 is 2.25 bits per heavy atom. The SMILES string of the molecule is CN(CC(=O)N(C)C)Cc1cnc(NN)s1. The normalized spacial score (nSPS) is 10.6. The van der Waals surface area contributed by atoms with Gasteiger partial charge in [0.05, 0.1) is 6.54 Å². The van der Waals surface area contributed by atoms with Crippen molar-refractivity contribution in [3.63, 3.8) is 0 Å². The first-order valence-corrected chi connectivity index (χ1v) is 5.64. The lowest BCUT2D eigenvalue weighted by Crippen LogP contribution is -2.33. The fraction of sp³-hybridized carbons (Fsp3) is 0.556. The Morgan fingerprint density at radius 3 is 2.75 bits per heavy atom. The third-order valence-corrected chi connectivity index (χ3v) is 2.92. The quantitative estimate of drug-likeness (QED) is 0.560. The van der Waals surface area contributed by atoms with Gasteiger partial charge in [-0.15, -0.1) is 0 Å². The van der Waals surface area contributed by atoms with Gasteiger partial charge in [-0.3, -0.25) is 15.1 Å². The molecule has 3 N–H and O–H groups in total. The van der Waals surface area contributed by atoms with Gasteiger partial charge in [-0.2, -0.15) is 0 Å². The van der Waals surface area contributed by atoms with Gasteiger partial charge in [-0.05, 0) is 7.05 Å². The highest BCUT2D eigenvalue weighted by Crippen LogP contribution is 2.17. The number of nitrogen functional groups attached to an aromatic ring is 1. The molecule has 0 radical (unpaired) electrons. The van der Waals surface area contributed by atoms with Crippen LogP contribution in [0.4, 0.5) is 5.13 Å². The molecule has 6 nitrogen and oxygen atoms in total. The molecule has 90 valence electrons. The van der Waals surface area contributed by atoms with Gasteiger partial charge in [0, 0.05) is 31.7 Å². The number of anilines is 1. The van der Waals surface area contributed by atoms with E-state index in [2.05, 4.69) is 10.4 Å². The average Bonchev–Trinajstić information content (AvgIpc) is 2.65. The third-order valence-electron chi connectivity index (χ3n) is 2.01. The minimum absolute atomic E-state index is 0.0872. The molecule has 1 aromatic heterocycles. The van der Waals surface area contributed by atoms with Crippen molar-refractivity contribution in [3.05, 3.63) is 11.1 Å². The molecule has 1 heterocycles. The summed E-state index contributed by atoms with van der Waals surface area (Å²) in [6.07, 6.45) is 1.76. The van der Waals surface area contributed by atoms with Gasteiger partial charge in [0.15, 0.2) is 5.13 Å². The van der Waals surface area contributed by atoms with E-state index in [0.717, 1.165) is 4.88 Å². The number of carbonyl (C=O) groups excluding carboxylic acids is 1. The van der Waals surface area contributed by atoms with Gasteiger partial charge in [0.1, 0.15) is 0 Å². The molecule has 0 unspecified atom stereocenters. The predicted molar refractivity (Wildman–Crippen MR) is 65.0 cm³/mol. The Kier molecular flexibility index (Phi) is 4.66. The lowest BCUT2D eigenvalue weighted by atomic mass is 10.4. The summed E-state index contributed by atoms with van der Waals surface area (Å²) in [5, 5.41) is 0.683. The number of aromatic nitrogens is 1. The van der Waals surface area contributed by atoms with Crippen LogP contribution in [0.25, 0.3) is 0 Å². The summed E-state index contributed by atoms with van der Waals surface area (Å²) in [4.78, 5) is 20.1. The van der Waals surface area contributed by atoms with Crippen LogP contribution < -0.4 is 11.3 Å². The number of nitrogens with zero attached hydrogens (tertiary/aromatic N) is 3. The van der Waals surface area contributed by atoms with Gasteiger partial charge in [0.25, 0.3) is 0 Å². The molecule has 0 fully saturated rings. The summed E-state index contributed by atoms with van der Waals surface area (Å²) in [5.74, 6) is 5.33. The molecule has 1 rings (SSSR count). The van der Waals surface area contributed by atoms with Crippen molar-refractivity contribution >= 4 is 22.4 Å². The van der Waals surface area contributed by atoms with Crippen LogP contribution in [0.1, 0.15) is 4.88 Å². The first kappa shape index (κ1) is 12.9. The molecule has 1 amide bonds. The molecule has 16 heavy (non-hydrogen) atoms. The maximum atomic E-state index is 11.4. The molecule has 0 saturated heterocycles. The van der Waals surface area contributed by atoms with Crippen LogP contribution in [0.3, 0.4) is 0 Å². The number of nitrogens with two attached hydrogens (primary N) is 1. The zero-order valence-electron chi connectivity index (χ0n) is 9.73. The van der Waals surface area contributed by atoms with E-state index in [9.17, 15) is 4.79 Å². The lowest BCUT2D eigenvalue weighted by molar-refractivity contribution is -0.129. The minimum Gasteiger partial charge on any atom is -0.348 e. The summed E-state index contributed by atoms with van der Waals surface area (Å²) in [6, 6.07) is 0. The second-order valence-corrected chi connectivity index (χ2v) is 4.85. The maximum absolute atomic E-state index is 11.4. The zero-order valence-corrected chi connectivity index (χ0v) is 10.5. The molecule has 0 aromatic carbocycles. The van der Waals surface area contributed by atoms with Gasteiger partial charge < -0.3 is 4.90 Å². The number of amides is 1.